The number of hydrogen-bond acceptors (Lipinski definition) is 2. The second-order valence-electron chi connectivity index (χ2n) is 17.7. The van der Waals surface area contributed by atoms with Crippen LogP contribution in [0.5, 0.6) is 0 Å². The van der Waals surface area contributed by atoms with E-state index in [-0.39, 0.29) is 0 Å². The molecule has 1 heterocycles. The first kappa shape index (κ1) is 40.1. The summed E-state index contributed by atoms with van der Waals surface area (Å²) in [7, 11) is 0. The van der Waals surface area contributed by atoms with E-state index in [4.69, 9.17) is 0 Å². The number of rotatable bonds is 9. The smallest absolute Gasteiger partial charge is 0.0542 e. The Morgan fingerprint density at radius 2 is 0.551 bits per heavy atom. The van der Waals surface area contributed by atoms with E-state index in [2.05, 4.69) is 287 Å². The molecule has 0 aliphatic heterocycles. The quantitative estimate of drug-likeness (QED) is 0.134. The highest BCUT2D eigenvalue weighted by molar-refractivity contribution is 6.25. The number of benzene rings is 12. The molecule has 0 bridgehead atoms. The van der Waals surface area contributed by atoms with Gasteiger partial charge in [-0.25, -0.2) is 0 Å². The average molecular weight is 880 g/mol. The van der Waals surface area contributed by atoms with Crippen LogP contribution in [0.1, 0.15) is 0 Å². The van der Waals surface area contributed by atoms with Gasteiger partial charge in [-0.05, 0) is 158 Å². The molecule has 13 aromatic rings. The van der Waals surface area contributed by atoms with Gasteiger partial charge in [0.1, 0.15) is 0 Å². The summed E-state index contributed by atoms with van der Waals surface area (Å²) in [6.07, 6.45) is 0. The van der Waals surface area contributed by atoms with Crippen molar-refractivity contribution in [3.8, 4) is 27.9 Å². The van der Waals surface area contributed by atoms with Gasteiger partial charge in [-0.2, -0.15) is 0 Å². The topological polar surface area (TPSA) is 11.4 Å². The van der Waals surface area contributed by atoms with Crippen molar-refractivity contribution < 1.29 is 0 Å². The second kappa shape index (κ2) is 16.9. The minimum absolute atomic E-state index is 1.09. The van der Waals surface area contributed by atoms with Crippen LogP contribution in [0.15, 0.2) is 273 Å². The average Bonchev–Trinajstić information content (AvgIpc) is 3.75. The summed E-state index contributed by atoms with van der Waals surface area (Å²) in [6.45, 7) is 0. The summed E-state index contributed by atoms with van der Waals surface area (Å²) in [5, 5.41) is 9.98. The zero-order valence-corrected chi connectivity index (χ0v) is 37.8. The van der Waals surface area contributed by atoms with E-state index in [9.17, 15) is 0 Å². The predicted molar refractivity (Wildman–Crippen MR) is 294 cm³/mol. The highest BCUT2D eigenvalue weighted by Gasteiger charge is 2.20. The lowest BCUT2D eigenvalue weighted by Gasteiger charge is -2.26. The molecule has 0 N–H and O–H groups in total. The van der Waals surface area contributed by atoms with Crippen LogP contribution in [0.25, 0.3) is 82.1 Å². The summed E-state index contributed by atoms with van der Waals surface area (Å²) >= 11 is 0. The third-order valence-electron chi connectivity index (χ3n) is 13.7. The Morgan fingerprint density at radius 1 is 0.203 bits per heavy atom. The molecule has 0 unspecified atom stereocenters. The Balaban J connectivity index is 0.996. The molecule has 324 valence electrons. The zero-order chi connectivity index (χ0) is 45.7. The van der Waals surface area contributed by atoms with Crippen LogP contribution in [-0.4, -0.2) is 4.57 Å². The summed E-state index contributed by atoms with van der Waals surface area (Å²) in [5.41, 5.74) is 14.8. The molecule has 3 heteroatoms. The SMILES string of the molecule is c1ccc(-c2ccc(N(c3ccccc3)c3ccc4c(c3)c3cc(-c5ccc(N(c6ccccc6)c6ccccc6)cc5)ccc3n4-c3ccc4c5ccccc5c5ccccc5c4c3)cc2)cc1. The molecule has 12 aromatic carbocycles. The molecule has 1 aromatic heterocycles. The van der Waals surface area contributed by atoms with Crippen LogP contribution in [-0.2, 0) is 0 Å². The highest BCUT2D eigenvalue weighted by atomic mass is 15.1. The minimum Gasteiger partial charge on any atom is -0.311 e. The van der Waals surface area contributed by atoms with Crippen LogP contribution in [0, 0.1) is 0 Å². The molecule has 13 rings (SSSR count). The number of hydrogen-bond donors (Lipinski definition) is 0. The molecule has 0 saturated carbocycles. The lowest BCUT2D eigenvalue weighted by molar-refractivity contribution is 1.18. The van der Waals surface area contributed by atoms with E-state index in [1.165, 1.54) is 54.2 Å². The van der Waals surface area contributed by atoms with E-state index in [1.54, 1.807) is 0 Å². The van der Waals surface area contributed by atoms with Crippen molar-refractivity contribution in [3.05, 3.63) is 273 Å². The Bertz CT molecular complexity index is 3900. The Kier molecular flexibility index (Phi) is 9.84. The lowest BCUT2D eigenvalue weighted by atomic mass is 9.94. The molecule has 0 spiro atoms. The van der Waals surface area contributed by atoms with Crippen molar-refractivity contribution in [3.63, 3.8) is 0 Å². The molecule has 0 radical (unpaired) electrons. The van der Waals surface area contributed by atoms with E-state index in [0.29, 0.717) is 0 Å². The standard InChI is InChI=1S/C66H45N3/c1-5-17-46(18-6-1)47-29-34-54(35-30-47)68(52-23-11-4-12-24-52)55-39-42-66-64(45-55)63-43-49(48-31-36-53(37-32-48)67(50-19-7-2-8-20-50)51-21-9-3-10-22-51)33-41-65(63)69(66)56-38-40-61-59-27-14-13-25-57(59)58-26-15-16-28-60(58)62(61)44-56/h1-45H. The van der Waals surface area contributed by atoms with Gasteiger partial charge in [0.15, 0.2) is 0 Å². The number of para-hydroxylation sites is 3. The number of fused-ring (bicyclic) bond motifs is 9. The molecule has 0 fully saturated rings. The third kappa shape index (κ3) is 7.08. The largest absolute Gasteiger partial charge is 0.311 e. The normalized spacial score (nSPS) is 11.5. The molecule has 69 heavy (non-hydrogen) atoms. The van der Waals surface area contributed by atoms with E-state index in [0.717, 1.165) is 62.0 Å². The van der Waals surface area contributed by atoms with Gasteiger partial charge in [0.25, 0.3) is 0 Å². The molecular weight excluding hydrogens is 835 g/mol. The fraction of sp³-hybridized carbons (Fsp3) is 0. The summed E-state index contributed by atoms with van der Waals surface area (Å²) in [6, 6.07) is 99.1. The van der Waals surface area contributed by atoms with Crippen LogP contribution in [0.2, 0.25) is 0 Å². The first-order valence-electron chi connectivity index (χ1n) is 23.7. The Morgan fingerprint density at radius 3 is 1.07 bits per heavy atom. The second-order valence-corrected chi connectivity index (χ2v) is 17.7. The maximum atomic E-state index is 2.46. The van der Waals surface area contributed by atoms with Gasteiger partial charge in [0.2, 0.25) is 0 Å². The number of aromatic nitrogens is 1. The fourth-order valence-electron chi connectivity index (χ4n) is 10.5. The third-order valence-corrected chi connectivity index (χ3v) is 13.7. The van der Waals surface area contributed by atoms with Gasteiger partial charge in [-0.1, -0.05) is 170 Å². The van der Waals surface area contributed by atoms with Crippen molar-refractivity contribution in [2.45, 2.75) is 0 Å². The first-order chi connectivity index (χ1) is 34.2. The molecule has 0 saturated heterocycles. The molecule has 0 aliphatic rings. The molecule has 0 aliphatic carbocycles. The van der Waals surface area contributed by atoms with Gasteiger partial charge in [0.05, 0.1) is 11.0 Å². The lowest BCUT2D eigenvalue weighted by Crippen LogP contribution is -2.09. The summed E-state index contributed by atoms with van der Waals surface area (Å²) in [5.74, 6) is 0. The van der Waals surface area contributed by atoms with Crippen LogP contribution in [0.4, 0.5) is 34.1 Å². The van der Waals surface area contributed by atoms with Gasteiger partial charge < -0.3 is 14.4 Å². The van der Waals surface area contributed by atoms with Crippen molar-refractivity contribution in [2.24, 2.45) is 0 Å². The molecule has 3 nitrogen and oxygen atoms in total. The molecule has 0 amide bonds. The highest BCUT2D eigenvalue weighted by Crippen LogP contribution is 2.43. The van der Waals surface area contributed by atoms with Crippen molar-refractivity contribution in [1.82, 2.24) is 4.57 Å². The molecular formula is C66H45N3. The van der Waals surface area contributed by atoms with E-state index >= 15 is 0 Å². The number of anilines is 6. The van der Waals surface area contributed by atoms with Crippen molar-refractivity contribution in [1.29, 1.82) is 0 Å². The van der Waals surface area contributed by atoms with Crippen molar-refractivity contribution in [2.75, 3.05) is 9.80 Å². The van der Waals surface area contributed by atoms with Gasteiger partial charge in [-0.3, -0.25) is 0 Å². The van der Waals surface area contributed by atoms with E-state index < -0.39 is 0 Å². The monoisotopic (exact) mass is 879 g/mol. The van der Waals surface area contributed by atoms with Crippen molar-refractivity contribution >= 4 is 88.2 Å². The maximum absolute atomic E-state index is 2.46. The van der Waals surface area contributed by atoms with Crippen LogP contribution in [0.3, 0.4) is 0 Å². The van der Waals surface area contributed by atoms with Gasteiger partial charge in [0, 0.05) is 50.6 Å². The van der Waals surface area contributed by atoms with E-state index in [1.807, 2.05) is 0 Å². The number of nitrogens with zero attached hydrogens (tertiary/aromatic N) is 3. The van der Waals surface area contributed by atoms with Crippen LogP contribution < -0.4 is 9.80 Å². The fourth-order valence-corrected chi connectivity index (χ4v) is 10.5. The van der Waals surface area contributed by atoms with Crippen LogP contribution >= 0.6 is 0 Å². The minimum atomic E-state index is 1.09. The maximum Gasteiger partial charge on any atom is 0.0542 e. The summed E-state index contributed by atoms with van der Waals surface area (Å²) in [4.78, 5) is 4.68. The summed E-state index contributed by atoms with van der Waals surface area (Å²) < 4.78 is 2.46. The predicted octanol–water partition coefficient (Wildman–Crippen LogP) is 18.5. The van der Waals surface area contributed by atoms with Gasteiger partial charge in [-0.15, -0.1) is 0 Å². The zero-order valence-electron chi connectivity index (χ0n) is 37.8. The Hall–Kier alpha value is -9.18. The Labute approximate surface area is 401 Å². The first-order valence-corrected chi connectivity index (χ1v) is 23.7. The van der Waals surface area contributed by atoms with Gasteiger partial charge >= 0.3 is 0 Å². The molecule has 0 atom stereocenters.